The van der Waals surface area contributed by atoms with E-state index in [1.807, 2.05) is 0 Å². The van der Waals surface area contributed by atoms with Crippen LogP contribution in [0.15, 0.2) is 0 Å². The molecule has 23 heavy (non-hydrogen) atoms. The third-order valence-corrected chi connectivity index (χ3v) is 4.81. The molecule has 0 aromatic rings. The summed E-state index contributed by atoms with van der Waals surface area (Å²) in [5.41, 5.74) is 0. The normalized spacial score (nSPS) is 23.3. The Labute approximate surface area is 146 Å². The van der Waals surface area contributed by atoms with E-state index in [-0.39, 0.29) is 18.3 Å². The van der Waals surface area contributed by atoms with Gasteiger partial charge in [-0.1, -0.05) is 6.92 Å². The van der Waals surface area contributed by atoms with Crippen molar-refractivity contribution in [3.05, 3.63) is 0 Å². The van der Waals surface area contributed by atoms with Gasteiger partial charge in [0, 0.05) is 26.2 Å². The van der Waals surface area contributed by atoms with E-state index < -0.39 is 0 Å². The van der Waals surface area contributed by atoms with Crippen molar-refractivity contribution in [1.82, 2.24) is 10.6 Å². The Balaban J connectivity index is 0.00000264. The molecule has 2 atom stereocenters. The molecule has 2 aliphatic rings. The van der Waals surface area contributed by atoms with Crippen molar-refractivity contribution < 1.29 is 14.3 Å². The molecule has 2 N–H and O–H groups in total. The maximum atomic E-state index is 12.0. The zero-order valence-corrected chi connectivity index (χ0v) is 15.2. The monoisotopic (exact) mass is 348 g/mol. The second-order valence-electron chi connectivity index (χ2n) is 6.68. The largest absolute Gasteiger partial charge is 0.379 e. The van der Waals surface area contributed by atoms with E-state index in [2.05, 4.69) is 17.6 Å². The second kappa shape index (κ2) is 12.1. The molecule has 2 rings (SSSR count). The number of hydrogen-bond donors (Lipinski definition) is 2. The van der Waals surface area contributed by atoms with E-state index in [0.29, 0.717) is 44.1 Å². The number of nitrogens with one attached hydrogen (secondary N) is 2. The molecule has 136 valence electrons. The molecule has 2 heterocycles. The molecular formula is C17H33ClN2O3. The molecule has 0 aromatic heterocycles. The Bertz CT molecular complexity index is 319. The number of amides is 1. The lowest BCUT2D eigenvalue weighted by molar-refractivity contribution is -0.122. The fourth-order valence-corrected chi connectivity index (χ4v) is 3.34. The van der Waals surface area contributed by atoms with E-state index in [1.54, 1.807) is 0 Å². The van der Waals surface area contributed by atoms with E-state index in [1.165, 1.54) is 12.8 Å². The van der Waals surface area contributed by atoms with Gasteiger partial charge in [-0.3, -0.25) is 4.79 Å². The molecule has 2 unspecified atom stereocenters. The minimum atomic E-state index is 0. The van der Waals surface area contributed by atoms with Gasteiger partial charge in [-0.25, -0.2) is 0 Å². The molecular weight excluding hydrogens is 316 g/mol. The van der Waals surface area contributed by atoms with Gasteiger partial charge in [-0.05, 0) is 57.0 Å². The fraction of sp³-hybridized carbons (Fsp3) is 0.941. The van der Waals surface area contributed by atoms with Crippen LogP contribution < -0.4 is 10.6 Å². The average molecular weight is 349 g/mol. The Morgan fingerprint density at radius 1 is 1.35 bits per heavy atom. The van der Waals surface area contributed by atoms with E-state index in [4.69, 9.17) is 9.47 Å². The molecule has 0 aliphatic carbocycles. The van der Waals surface area contributed by atoms with Gasteiger partial charge in [0.1, 0.15) is 0 Å². The highest BCUT2D eigenvalue weighted by molar-refractivity contribution is 5.85. The van der Waals surface area contributed by atoms with Crippen LogP contribution >= 0.6 is 12.4 Å². The van der Waals surface area contributed by atoms with Gasteiger partial charge in [0.15, 0.2) is 0 Å². The molecule has 0 bridgehead atoms. The number of hydrogen-bond acceptors (Lipinski definition) is 4. The van der Waals surface area contributed by atoms with Crippen LogP contribution in [-0.2, 0) is 14.3 Å². The molecule has 2 fully saturated rings. The van der Waals surface area contributed by atoms with Gasteiger partial charge >= 0.3 is 0 Å². The molecule has 0 saturated carbocycles. The number of carbonyl (C=O) groups excluding carboxylic acids is 1. The van der Waals surface area contributed by atoms with Gasteiger partial charge < -0.3 is 20.1 Å². The molecule has 5 nitrogen and oxygen atoms in total. The molecule has 0 spiro atoms. The first-order chi connectivity index (χ1) is 10.8. The smallest absolute Gasteiger partial charge is 0.220 e. The van der Waals surface area contributed by atoms with E-state index in [0.717, 1.165) is 39.0 Å². The van der Waals surface area contributed by atoms with Crippen molar-refractivity contribution in [3.8, 4) is 0 Å². The number of halogens is 1. The fourth-order valence-electron chi connectivity index (χ4n) is 3.34. The predicted octanol–water partition coefficient (Wildman–Crippen LogP) is 2.14. The van der Waals surface area contributed by atoms with Crippen LogP contribution in [0.25, 0.3) is 0 Å². The van der Waals surface area contributed by atoms with Crippen molar-refractivity contribution in [2.75, 3.05) is 39.5 Å². The molecule has 6 heteroatoms. The van der Waals surface area contributed by atoms with Crippen molar-refractivity contribution in [3.63, 3.8) is 0 Å². The SMILES string of the molecule is CC(CC(=O)NCCCOCC1CCCO1)C1CCNCC1.Cl. The summed E-state index contributed by atoms with van der Waals surface area (Å²) in [5.74, 6) is 1.37. The molecule has 0 aromatic carbocycles. The number of ether oxygens (including phenoxy) is 2. The topological polar surface area (TPSA) is 59.6 Å². The summed E-state index contributed by atoms with van der Waals surface area (Å²) in [6.45, 7) is 7.38. The minimum absolute atomic E-state index is 0. The van der Waals surface area contributed by atoms with E-state index in [9.17, 15) is 4.79 Å². The van der Waals surface area contributed by atoms with Gasteiger partial charge in [-0.2, -0.15) is 0 Å². The minimum Gasteiger partial charge on any atom is -0.379 e. The van der Waals surface area contributed by atoms with Gasteiger partial charge in [-0.15, -0.1) is 12.4 Å². The van der Waals surface area contributed by atoms with Crippen molar-refractivity contribution in [1.29, 1.82) is 0 Å². The second-order valence-corrected chi connectivity index (χ2v) is 6.68. The molecule has 2 saturated heterocycles. The van der Waals surface area contributed by atoms with E-state index >= 15 is 0 Å². The van der Waals surface area contributed by atoms with Crippen LogP contribution in [-0.4, -0.2) is 51.5 Å². The average Bonchev–Trinajstić information content (AvgIpc) is 3.05. The highest BCUT2D eigenvalue weighted by Gasteiger charge is 2.21. The van der Waals surface area contributed by atoms with Crippen LogP contribution in [0.1, 0.15) is 45.4 Å². The van der Waals surface area contributed by atoms with Gasteiger partial charge in [0.2, 0.25) is 5.91 Å². The summed E-state index contributed by atoms with van der Waals surface area (Å²) >= 11 is 0. The number of piperidine rings is 1. The Morgan fingerprint density at radius 3 is 2.83 bits per heavy atom. The summed E-state index contributed by atoms with van der Waals surface area (Å²) in [5, 5.41) is 6.39. The van der Waals surface area contributed by atoms with Crippen LogP contribution in [0.3, 0.4) is 0 Å². The first-order valence-corrected chi connectivity index (χ1v) is 8.92. The van der Waals surface area contributed by atoms with Gasteiger partial charge in [0.25, 0.3) is 0 Å². The van der Waals surface area contributed by atoms with Crippen LogP contribution in [0, 0.1) is 11.8 Å². The lowest BCUT2D eigenvalue weighted by atomic mass is 9.84. The highest BCUT2D eigenvalue weighted by atomic mass is 35.5. The maximum absolute atomic E-state index is 12.0. The summed E-state index contributed by atoms with van der Waals surface area (Å²) in [6, 6.07) is 0. The zero-order valence-electron chi connectivity index (χ0n) is 14.4. The highest BCUT2D eigenvalue weighted by Crippen LogP contribution is 2.24. The lowest BCUT2D eigenvalue weighted by Gasteiger charge is -2.27. The lowest BCUT2D eigenvalue weighted by Crippen LogP contribution is -2.33. The van der Waals surface area contributed by atoms with Crippen LogP contribution in [0.5, 0.6) is 0 Å². The first-order valence-electron chi connectivity index (χ1n) is 8.92. The maximum Gasteiger partial charge on any atom is 0.220 e. The van der Waals surface area contributed by atoms with Crippen molar-refractivity contribution >= 4 is 18.3 Å². The van der Waals surface area contributed by atoms with Crippen molar-refractivity contribution in [2.45, 2.75) is 51.6 Å². The molecule has 2 aliphatic heterocycles. The summed E-state index contributed by atoms with van der Waals surface area (Å²) in [4.78, 5) is 12.0. The third kappa shape index (κ3) is 8.34. The number of rotatable bonds is 9. The number of carbonyl (C=O) groups is 1. The quantitative estimate of drug-likeness (QED) is 0.627. The third-order valence-electron chi connectivity index (χ3n) is 4.81. The Hall–Kier alpha value is -0.360. The van der Waals surface area contributed by atoms with Gasteiger partial charge in [0.05, 0.1) is 12.7 Å². The molecule has 1 amide bonds. The first kappa shape index (κ1) is 20.7. The summed E-state index contributed by atoms with van der Waals surface area (Å²) in [6.07, 6.45) is 6.49. The standard InChI is InChI=1S/C17H32N2O3.ClH/c1-14(15-5-8-18-9-6-15)12-17(20)19-7-3-10-21-13-16-4-2-11-22-16;/h14-16,18H,2-13H2,1H3,(H,19,20);1H. The zero-order chi connectivity index (χ0) is 15.6. The summed E-state index contributed by atoms with van der Waals surface area (Å²) < 4.78 is 11.1. The predicted molar refractivity (Wildman–Crippen MR) is 94.0 cm³/mol. The molecule has 0 radical (unpaired) electrons. The van der Waals surface area contributed by atoms with Crippen LogP contribution in [0.4, 0.5) is 0 Å². The van der Waals surface area contributed by atoms with Crippen LogP contribution in [0.2, 0.25) is 0 Å². The Kier molecular flexibility index (Phi) is 10.9. The van der Waals surface area contributed by atoms with Crippen molar-refractivity contribution in [2.24, 2.45) is 11.8 Å². The Morgan fingerprint density at radius 2 is 2.13 bits per heavy atom. The summed E-state index contributed by atoms with van der Waals surface area (Å²) in [7, 11) is 0.